The zero-order valence-corrected chi connectivity index (χ0v) is 3.03. The van der Waals surface area contributed by atoms with Crippen molar-refractivity contribution in [2.24, 2.45) is 0 Å². The van der Waals surface area contributed by atoms with Crippen molar-refractivity contribution in [2.45, 2.75) is 14.9 Å². The van der Waals surface area contributed by atoms with Gasteiger partial charge < -0.3 is 4.52 Å². The highest BCUT2D eigenvalue weighted by atomic mass is 16.5. The summed E-state index contributed by atoms with van der Waals surface area (Å²) in [6.45, 7) is 0. The van der Waals surface area contributed by atoms with Crippen molar-refractivity contribution in [3.8, 4) is 0 Å². The van der Waals surface area contributed by atoms with Crippen LogP contribution in [0.1, 0.15) is 14.9 Å². The minimum Gasteiger partial charge on any atom is -0.346 e. The summed E-state index contributed by atoms with van der Waals surface area (Å²) in [5.74, 6) is 0. The summed E-state index contributed by atoms with van der Waals surface area (Å²) >= 11 is 0. The van der Waals surface area contributed by atoms with E-state index in [0.717, 1.165) is 0 Å². The van der Waals surface area contributed by atoms with Gasteiger partial charge in [-0.15, -0.1) is 5.10 Å². The van der Waals surface area contributed by atoms with E-state index in [-0.39, 0.29) is 23.3 Å². The van der Waals surface area contributed by atoms with Crippen molar-refractivity contribution >= 4 is 8.41 Å². The molecule has 0 fully saturated rings. The summed E-state index contributed by atoms with van der Waals surface area (Å²) in [5, 5.41) is 6.40. The number of rotatable bonds is 0. The summed E-state index contributed by atoms with van der Waals surface area (Å²) in [6, 6.07) is 0. The van der Waals surface area contributed by atoms with Crippen LogP contribution in [0.2, 0.25) is 0 Å². The summed E-state index contributed by atoms with van der Waals surface area (Å²) in [5.41, 5.74) is 0. The molecule has 0 aliphatic heterocycles. The maximum absolute atomic E-state index is 4.22. The SMILES string of the molecule is C.C.[B].c1conn1. The lowest BCUT2D eigenvalue weighted by Gasteiger charge is -1.45. The molecule has 1 aromatic rings. The zero-order valence-electron chi connectivity index (χ0n) is 3.03. The summed E-state index contributed by atoms with van der Waals surface area (Å²) in [6.07, 6.45) is 2.88. The van der Waals surface area contributed by atoms with Gasteiger partial charge in [0.1, 0.15) is 6.26 Å². The molecule has 0 aliphatic rings. The van der Waals surface area contributed by atoms with Crippen molar-refractivity contribution in [3.63, 3.8) is 0 Å². The van der Waals surface area contributed by atoms with Crippen LogP contribution in [-0.2, 0) is 0 Å². The zero-order chi connectivity index (χ0) is 3.54. The van der Waals surface area contributed by atoms with Gasteiger partial charge in [-0.1, -0.05) is 14.9 Å². The number of nitrogens with zero attached hydrogens (tertiary/aromatic N) is 2. The fraction of sp³-hybridized carbons (Fsp3) is 0.500. The van der Waals surface area contributed by atoms with E-state index in [9.17, 15) is 0 Å². The molecule has 0 unspecified atom stereocenters. The van der Waals surface area contributed by atoms with Gasteiger partial charge in [-0.25, -0.2) is 0 Å². The van der Waals surface area contributed by atoms with E-state index in [2.05, 4.69) is 14.9 Å². The third kappa shape index (κ3) is 5.20. The Hall–Kier alpha value is -0.795. The second kappa shape index (κ2) is 9.51. The smallest absolute Gasteiger partial charge is 0.144 e. The summed E-state index contributed by atoms with van der Waals surface area (Å²) in [4.78, 5) is 0. The molecule has 0 spiro atoms. The molecule has 8 heavy (non-hydrogen) atoms. The molecule has 0 saturated carbocycles. The second-order valence-corrected chi connectivity index (χ2v) is 0.588. The molecule has 0 bridgehead atoms. The summed E-state index contributed by atoms with van der Waals surface area (Å²) in [7, 11) is 0. The lowest BCUT2D eigenvalue weighted by molar-refractivity contribution is 0.393. The van der Waals surface area contributed by atoms with E-state index in [4.69, 9.17) is 0 Å². The molecule has 0 N–H and O–H groups in total. The van der Waals surface area contributed by atoms with Gasteiger partial charge in [0.15, 0.2) is 0 Å². The first-order valence-corrected chi connectivity index (χ1v) is 1.21. The largest absolute Gasteiger partial charge is 0.346 e. The van der Waals surface area contributed by atoms with Gasteiger partial charge in [-0.3, -0.25) is 0 Å². The van der Waals surface area contributed by atoms with Crippen LogP contribution < -0.4 is 0 Å². The van der Waals surface area contributed by atoms with Crippen LogP contribution in [0.5, 0.6) is 0 Å². The van der Waals surface area contributed by atoms with E-state index in [1.54, 1.807) is 0 Å². The van der Waals surface area contributed by atoms with Crippen LogP contribution in [0, 0.1) is 0 Å². The summed E-state index contributed by atoms with van der Waals surface area (Å²) < 4.78 is 4.22. The molecule has 1 aromatic heterocycles. The fourth-order valence-corrected chi connectivity index (χ4v) is 0.136. The van der Waals surface area contributed by atoms with E-state index in [0.29, 0.717) is 0 Å². The maximum Gasteiger partial charge on any atom is 0.144 e. The Morgan fingerprint density at radius 1 is 1.25 bits per heavy atom. The van der Waals surface area contributed by atoms with E-state index >= 15 is 0 Å². The van der Waals surface area contributed by atoms with E-state index in [1.165, 1.54) is 12.5 Å². The third-order valence-corrected chi connectivity index (χ3v) is 0.283. The third-order valence-electron chi connectivity index (χ3n) is 0.283. The predicted molar refractivity (Wildman–Crippen MR) is 33.5 cm³/mol. The quantitative estimate of drug-likeness (QED) is 0.470. The van der Waals surface area contributed by atoms with Gasteiger partial charge in [0.2, 0.25) is 0 Å². The molecule has 0 aliphatic carbocycles. The highest BCUT2D eigenvalue weighted by molar-refractivity contribution is 5.75. The fourth-order valence-electron chi connectivity index (χ4n) is 0.136. The van der Waals surface area contributed by atoms with Crippen molar-refractivity contribution in [3.05, 3.63) is 12.5 Å². The first-order valence-electron chi connectivity index (χ1n) is 1.21. The number of hydrogen-bond acceptors (Lipinski definition) is 3. The van der Waals surface area contributed by atoms with Crippen LogP contribution in [0.3, 0.4) is 0 Å². The Balaban J connectivity index is -0.0000000833. The molecular weight excluding hydrogens is 103 g/mol. The van der Waals surface area contributed by atoms with E-state index < -0.39 is 0 Å². The van der Waals surface area contributed by atoms with Gasteiger partial charge in [-0.05, 0) is 0 Å². The average Bonchev–Trinajstić information content (AvgIpc) is 1.76. The van der Waals surface area contributed by atoms with Crippen molar-refractivity contribution in [1.82, 2.24) is 10.4 Å². The van der Waals surface area contributed by atoms with Crippen molar-refractivity contribution in [1.29, 1.82) is 0 Å². The Bertz CT molecular complexity index is 70.5. The molecule has 3 radical (unpaired) electrons. The molecule has 0 amide bonds. The lowest BCUT2D eigenvalue weighted by Crippen LogP contribution is -1.53. The first-order chi connectivity index (χ1) is 2.50. The molecule has 1 rings (SSSR count). The van der Waals surface area contributed by atoms with Crippen molar-refractivity contribution < 1.29 is 4.52 Å². The Morgan fingerprint density at radius 3 is 2.00 bits per heavy atom. The number of aromatic nitrogens is 2. The van der Waals surface area contributed by atoms with Crippen LogP contribution in [0.4, 0.5) is 0 Å². The molecule has 4 heteroatoms. The normalized spacial score (nSPS) is 5.00. The highest BCUT2D eigenvalue weighted by Gasteiger charge is 1.61. The Kier molecular flexibility index (Phi) is 18.6. The van der Waals surface area contributed by atoms with E-state index in [1.807, 2.05) is 0 Å². The van der Waals surface area contributed by atoms with Crippen LogP contribution in [0.15, 0.2) is 17.0 Å². The highest BCUT2D eigenvalue weighted by Crippen LogP contribution is 1.64. The van der Waals surface area contributed by atoms with Gasteiger partial charge >= 0.3 is 0 Å². The van der Waals surface area contributed by atoms with Crippen LogP contribution in [-0.4, -0.2) is 18.8 Å². The molecule has 0 saturated heterocycles. The van der Waals surface area contributed by atoms with Gasteiger partial charge in [0.25, 0.3) is 0 Å². The van der Waals surface area contributed by atoms with Gasteiger partial charge in [0.05, 0.1) is 6.20 Å². The minimum absolute atomic E-state index is 0. The van der Waals surface area contributed by atoms with Crippen LogP contribution >= 0.6 is 0 Å². The lowest BCUT2D eigenvalue weighted by atomic mass is 10.8. The average molecular weight is 113 g/mol. The standard InChI is InChI=1S/C2H2N2O.2CH4.B/c1-2-5-4-3-1;;;/h1-2H;2*1H4;. The molecule has 1 heterocycles. The molecule has 0 atom stereocenters. The Morgan fingerprint density at radius 2 is 1.88 bits per heavy atom. The maximum atomic E-state index is 4.22. The first kappa shape index (κ1) is 15.7. The molecule has 3 nitrogen and oxygen atoms in total. The number of hydrogen-bond donors (Lipinski definition) is 0. The van der Waals surface area contributed by atoms with Gasteiger partial charge in [-0.2, -0.15) is 0 Å². The minimum atomic E-state index is 0. The second-order valence-electron chi connectivity index (χ2n) is 0.588. The molecular formula is C4H10BN2O. The van der Waals surface area contributed by atoms with Crippen LogP contribution in [0.25, 0.3) is 0 Å². The predicted octanol–water partition coefficient (Wildman–Crippen LogP) is 0.961. The Labute approximate surface area is 51.6 Å². The molecule has 0 aromatic carbocycles. The van der Waals surface area contributed by atoms with Crippen molar-refractivity contribution in [2.75, 3.05) is 0 Å². The monoisotopic (exact) mass is 113 g/mol. The molecule has 45 valence electrons. The topological polar surface area (TPSA) is 38.9 Å². The van der Waals surface area contributed by atoms with Gasteiger partial charge in [0, 0.05) is 13.7 Å².